The zero-order valence-corrected chi connectivity index (χ0v) is 10.8. The average molecular weight is 265 g/mol. The Hall–Kier alpha value is -1.85. The molecule has 104 valence electrons. The lowest BCUT2D eigenvalue weighted by Crippen LogP contribution is -2.34. The third kappa shape index (κ3) is 4.08. The van der Waals surface area contributed by atoms with Crippen LogP contribution in [0.1, 0.15) is 49.0 Å². The molecule has 0 aliphatic heterocycles. The van der Waals surface area contributed by atoms with Crippen LogP contribution in [-0.2, 0) is 11.3 Å². The summed E-state index contributed by atoms with van der Waals surface area (Å²) >= 11 is 0. The van der Waals surface area contributed by atoms with Crippen molar-refractivity contribution in [3.8, 4) is 0 Å². The van der Waals surface area contributed by atoms with Gasteiger partial charge in [0.2, 0.25) is 0 Å². The van der Waals surface area contributed by atoms with Gasteiger partial charge in [0.05, 0.1) is 0 Å². The molecule has 0 atom stereocenters. The van der Waals surface area contributed by atoms with Gasteiger partial charge in [-0.05, 0) is 18.9 Å². The fourth-order valence-electron chi connectivity index (χ4n) is 2.39. The first-order valence-corrected chi connectivity index (χ1v) is 6.71. The van der Waals surface area contributed by atoms with Gasteiger partial charge in [0.1, 0.15) is 12.2 Å². The summed E-state index contributed by atoms with van der Waals surface area (Å²) in [5.41, 5.74) is 0.283. The van der Waals surface area contributed by atoms with Gasteiger partial charge in [-0.15, -0.1) is 0 Å². The number of carboxylic acid groups (broad SMARTS) is 1. The standard InChI is InChI=1S/C13H19N3O3/c17-12(18)9-16-8-7-11(15-16)13(19)14-10-5-3-1-2-4-6-10/h7-8,10H,1-6,9H2,(H,14,19)(H,17,18). The molecular weight excluding hydrogens is 246 g/mol. The normalized spacial score (nSPS) is 16.8. The highest BCUT2D eigenvalue weighted by atomic mass is 16.4. The molecule has 0 aromatic carbocycles. The first-order chi connectivity index (χ1) is 9.15. The summed E-state index contributed by atoms with van der Waals surface area (Å²) in [4.78, 5) is 22.5. The molecule has 0 saturated heterocycles. The van der Waals surface area contributed by atoms with Gasteiger partial charge in [0.25, 0.3) is 5.91 Å². The number of aromatic nitrogens is 2. The monoisotopic (exact) mass is 265 g/mol. The zero-order chi connectivity index (χ0) is 13.7. The molecule has 6 heteroatoms. The number of carboxylic acids is 1. The molecule has 1 heterocycles. The number of amides is 1. The Bertz CT molecular complexity index is 448. The van der Waals surface area contributed by atoms with Crippen molar-refractivity contribution in [1.29, 1.82) is 0 Å². The van der Waals surface area contributed by atoms with Crippen molar-refractivity contribution in [3.05, 3.63) is 18.0 Å². The quantitative estimate of drug-likeness (QED) is 0.806. The summed E-state index contributed by atoms with van der Waals surface area (Å²) < 4.78 is 1.25. The van der Waals surface area contributed by atoms with E-state index in [0.29, 0.717) is 0 Å². The molecular formula is C13H19N3O3. The largest absolute Gasteiger partial charge is 0.480 e. The van der Waals surface area contributed by atoms with E-state index in [1.54, 1.807) is 6.07 Å². The summed E-state index contributed by atoms with van der Waals surface area (Å²) in [6.07, 6.45) is 8.31. The van der Waals surface area contributed by atoms with Crippen LogP contribution in [0.15, 0.2) is 12.3 Å². The van der Waals surface area contributed by atoms with Crippen LogP contribution >= 0.6 is 0 Å². The number of nitrogens with one attached hydrogen (secondary N) is 1. The highest BCUT2D eigenvalue weighted by molar-refractivity contribution is 5.92. The van der Waals surface area contributed by atoms with Gasteiger partial charge >= 0.3 is 5.97 Å². The molecule has 19 heavy (non-hydrogen) atoms. The minimum absolute atomic E-state index is 0.212. The first-order valence-electron chi connectivity index (χ1n) is 6.71. The van der Waals surface area contributed by atoms with Gasteiger partial charge in [-0.3, -0.25) is 14.3 Å². The lowest BCUT2D eigenvalue weighted by atomic mass is 10.1. The van der Waals surface area contributed by atoms with Crippen LogP contribution < -0.4 is 5.32 Å². The fraction of sp³-hybridized carbons (Fsp3) is 0.615. The van der Waals surface area contributed by atoms with E-state index in [1.807, 2.05) is 0 Å². The van der Waals surface area contributed by atoms with Crippen LogP contribution in [0.4, 0.5) is 0 Å². The van der Waals surface area contributed by atoms with E-state index in [2.05, 4.69) is 10.4 Å². The smallest absolute Gasteiger partial charge is 0.325 e. The molecule has 1 amide bonds. The topological polar surface area (TPSA) is 84.2 Å². The summed E-state index contributed by atoms with van der Waals surface area (Å²) in [6, 6.07) is 1.77. The number of carbonyl (C=O) groups is 2. The van der Waals surface area contributed by atoms with Crippen molar-refractivity contribution in [3.63, 3.8) is 0 Å². The Balaban J connectivity index is 1.91. The lowest BCUT2D eigenvalue weighted by Gasteiger charge is -2.15. The first kappa shape index (κ1) is 13.6. The second-order valence-electron chi connectivity index (χ2n) is 4.95. The molecule has 0 unspecified atom stereocenters. The number of carbonyl (C=O) groups excluding carboxylic acids is 1. The highest BCUT2D eigenvalue weighted by Gasteiger charge is 2.17. The SMILES string of the molecule is O=C(O)Cn1ccc(C(=O)NC2CCCCCC2)n1. The third-order valence-electron chi connectivity index (χ3n) is 3.36. The Kier molecular flexibility index (Phi) is 4.54. The number of nitrogens with zero attached hydrogens (tertiary/aromatic N) is 2. The van der Waals surface area contributed by atoms with Gasteiger partial charge in [0, 0.05) is 12.2 Å². The van der Waals surface area contributed by atoms with Gasteiger partial charge < -0.3 is 10.4 Å². The van der Waals surface area contributed by atoms with Gasteiger partial charge in [-0.2, -0.15) is 5.10 Å². The molecule has 1 aliphatic carbocycles. The molecule has 0 spiro atoms. The van der Waals surface area contributed by atoms with Crippen LogP contribution in [0.25, 0.3) is 0 Å². The van der Waals surface area contributed by atoms with Crippen molar-refractivity contribution in [2.24, 2.45) is 0 Å². The number of rotatable bonds is 4. The number of hydrogen-bond acceptors (Lipinski definition) is 3. The maximum atomic E-state index is 12.0. The summed E-state index contributed by atoms with van der Waals surface area (Å²) in [5.74, 6) is -1.19. The molecule has 6 nitrogen and oxygen atoms in total. The van der Waals surface area contributed by atoms with E-state index in [9.17, 15) is 9.59 Å². The molecule has 0 radical (unpaired) electrons. The van der Waals surface area contributed by atoms with Crippen LogP contribution in [0, 0.1) is 0 Å². The Morgan fingerprint density at radius 2 is 2.00 bits per heavy atom. The molecule has 2 N–H and O–H groups in total. The molecule has 2 rings (SSSR count). The van der Waals surface area contributed by atoms with E-state index < -0.39 is 5.97 Å². The van der Waals surface area contributed by atoms with Crippen LogP contribution in [0.5, 0.6) is 0 Å². The van der Waals surface area contributed by atoms with Gasteiger partial charge in [0.15, 0.2) is 0 Å². The third-order valence-corrected chi connectivity index (χ3v) is 3.36. The molecule has 1 aromatic rings. The summed E-state index contributed by atoms with van der Waals surface area (Å²) in [7, 11) is 0. The maximum Gasteiger partial charge on any atom is 0.325 e. The number of aliphatic carboxylic acids is 1. The van der Waals surface area contributed by atoms with Crippen LogP contribution in [0.3, 0.4) is 0 Å². The second-order valence-corrected chi connectivity index (χ2v) is 4.95. The van der Waals surface area contributed by atoms with Crippen LogP contribution in [0.2, 0.25) is 0 Å². The predicted octanol–water partition coefficient (Wildman–Crippen LogP) is 1.42. The Morgan fingerprint density at radius 3 is 2.63 bits per heavy atom. The highest BCUT2D eigenvalue weighted by Crippen LogP contribution is 2.17. The Labute approximate surface area is 111 Å². The van der Waals surface area contributed by atoms with Crippen molar-refractivity contribution < 1.29 is 14.7 Å². The number of hydrogen-bond donors (Lipinski definition) is 2. The van der Waals surface area contributed by atoms with E-state index >= 15 is 0 Å². The van der Waals surface area contributed by atoms with Gasteiger partial charge in [-0.25, -0.2) is 0 Å². The van der Waals surface area contributed by atoms with Crippen molar-refractivity contribution in [2.75, 3.05) is 0 Å². The van der Waals surface area contributed by atoms with E-state index in [1.165, 1.54) is 23.7 Å². The molecule has 0 bridgehead atoms. The minimum Gasteiger partial charge on any atom is -0.480 e. The minimum atomic E-state index is -0.973. The van der Waals surface area contributed by atoms with Crippen molar-refractivity contribution >= 4 is 11.9 Å². The van der Waals surface area contributed by atoms with E-state index in [-0.39, 0.29) is 24.2 Å². The molecule has 1 saturated carbocycles. The van der Waals surface area contributed by atoms with E-state index in [0.717, 1.165) is 25.7 Å². The maximum absolute atomic E-state index is 12.0. The predicted molar refractivity (Wildman–Crippen MR) is 68.8 cm³/mol. The fourth-order valence-corrected chi connectivity index (χ4v) is 2.39. The molecule has 1 aliphatic rings. The van der Waals surface area contributed by atoms with Gasteiger partial charge in [-0.1, -0.05) is 25.7 Å². The zero-order valence-electron chi connectivity index (χ0n) is 10.8. The average Bonchev–Trinajstić information content (AvgIpc) is 2.66. The Morgan fingerprint density at radius 1 is 1.32 bits per heavy atom. The lowest BCUT2D eigenvalue weighted by molar-refractivity contribution is -0.137. The van der Waals surface area contributed by atoms with E-state index in [4.69, 9.17) is 5.11 Å². The summed E-state index contributed by atoms with van der Waals surface area (Å²) in [6.45, 7) is -0.225. The van der Waals surface area contributed by atoms with Crippen LogP contribution in [-0.4, -0.2) is 32.8 Å². The molecule has 1 aromatic heterocycles. The molecule has 1 fully saturated rings. The summed E-state index contributed by atoms with van der Waals surface area (Å²) in [5, 5.41) is 15.6. The second kappa shape index (κ2) is 6.36. The van der Waals surface area contributed by atoms with Crippen molar-refractivity contribution in [1.82, 2.24) is 15.1 Å². The van der Waals surface area contributed by atoms with Crippen molar-refractivity contribution in [2.45, 2.75) is 51.1 Å².